The molecular weight excluding hydrogens is 421 g/mol. The van der Waals surface area contributed by atoms with Crippen LogP contribution in [0.1, 0.15) is 40.5 Å². The lowest BCUT2D eigenvalue weighted by atomic mass is 9.99. The molecule has 0 aromatic carbocycles. The van der Waals surface area contributed by atoms with E-state index >= 15 is 0 Å². The predicted octanol–water partition coefficient (Wildman–Crippen LogP) is 9.30. The zero-order valence-corrected chi connectivity index (χ0v) is 20.4. The van der Waals surface area contributed by atoms with Crippen LogP contribution in [0.4, 0.5) is 13.2 Å². The summed E-state index contributed by atoms with van der Waals surface area (Å²) in [5.41, 5.74) is 0.784. The lowest BCUT2D eigenvalue weighted by Gasteiger charge is -2.15. The van der Waals surface area contributed by atoms with E-state index in [1.165, 1.54) is 18.2 Å². The number of halogens is 3. The van der Waals surface area contributed by atoms with Crippen molar-refractivity contribution in [1.82, 2.24) is 0 Å². The van der Waals surface area contributed by atoms with Gasteiger partial charge in [-0.2, -0.15) is 0 Å². The summed E-state index contributed by atoms with van der Waals surface area (Å²) < 4.78 is 48.9. The standard InChI is InChI=1S/C29H37F3O/c1-11-12-13-14-22(6)28(31)29(32)26(10)21(5)16-15-20(4)25(9)27(30)17-23(7)24(8)18-33-19(2)3/h11-12,15-17,19,24H,4-7,9-10,13-14,18H2,1-3,8H3/b12-11+,16-15-,27-17+,29-28-. The van der Waals surface area contributed by atoms with Gasteiger partial charge in [0.2, 0.25) is 0 Å². The van der Waals surface area contributed by atoms with Crippen LogP contribution in [-0.4, -0.2) is 12.7 Å². The van der Waals surface area contributed by atoms with E-state index < -0.39 is 17.5 Å². The minimum atomic E-state index is -1.13. The van der Waals surface area contributed by atoms with Gasteiger partial charge in [0.1, 0.15) is 5.83 Å². The Morgan fingerprint density at radius 2 is 1.39 bits per heavy atom. The second-order valence-corrected chi connectivity index (χ2v) is 8.03. The summed E-state index contributed by atoms with van der Waals surface area (Å²) in [6.45, 7) is 30.2. The van der Waals surface area contributed by atoms with Gasteiger partial charge in [-0.25, -0.2) is 13.2 Å². The van der Waals surface area contributed by atoms with Gasteiger partial charge in [0, 0.05) is 17.1 Å². The molecule has 0 aliphatic carbocycles. The van der Waals surface area contributed by atoms with E-state index in [1.807, 2.05) is 39.8 Å². The van der Waals surface area contributed by atoms with Gasteiger partial charge < -0.3 is 4.74 Å². The van der Waals surface area contributed by atoms with Crippen LogP contribution in [0.5, 0.6) is 0 Å². The fourth-order valence-corrected chi connectivity index (χ4v) is 2.35. The molecule has 33 heavy (non-hydrogen) atoms. The first-order valence-electron chi connectivity index (χ1n) is 10.8. The molecule has 180 valence electrons. The van der Waals surface area contributed by atoms with Crippen LogP contribution in [0.25, 0.3) is 0 Å². The molecule has 0 bridgehead atoms. The van der Waals surface area contributed by atoms with Crippen molar-refractivity contribution in [1.29, 1.82) is 0 Å². The molecule has 1 unspecified atom stereocenters. The van der Waals surface area contributed by atoms with Crippen molar-refractivity contribution in [3.63, 3.8) is 0 Å². The zero-order valence-electron chi connectivity index (χ0n) is 20.4. The maximum Gasteiger partial charge on any atom is 0.166 e. The highest BCUT2D eigenvalue weighted by atomic mass is 19.2. The van der Waals surface area contributed by atoms with E-state index in [2.05, 4.69) is 39.5 Å². The Bertz CT molecular complexity index is 907. The number of rotatable bonds is 15. The molecule has 1 nitrogen and oxygen atoms in total. The Kier molecular flexibility index (Phi) is 13.8. The van der Waals surface area contributed by atoms with E-state index in [-0.39, 0.29) is 46.3 Å². The third-order valence-corrected chi connectivity index (χ3v) is 4.79. The molecule has 0 aliphatic rings. The van der Waals surface area contributed by atoms with E-state index in [1.54, 1.807) is 0 Å². The summed E-state index contributed by atoms with van der Waals surface area (Å²) in [7, 11) is 0. The van der Waals surface area contributed by atoms with E-state index in [0.717, 1.165) is 0 Å². The van der Waals surface area contributed by atoms with Crippen LogP contribution >= 0.6 is 0 Å². The van der Waals surface area contributed by atoms with E-state index in [4.69, 9.17) is 4.74 Å². The monoisotopic (exact) mass is 458 g/mol. The first-order chi connectivity index (χ1) is 15.3. The van der Waals surface area contributed by atoms with Crippen molar-refractivity contribution in [3.05, 3.63) is 121 Å². The third-order valence-electron chi connectivity index (χ3n) is 4.79. The predicted molar refractivity (Wildman–Crippen MR) is 137 cm³/mol. The van der Waals surface area contributed by atoms with Crippen molar-refractivity contribution >= 4 is 0 Å². The highest BCUT2D eigenvalue weighted by Crippen LogP contribution is 2.29. The molecule has 0 heterocycles. The normalized spacial score (nSPS) is 13.9. The van der Waals surface area contributed by atoms with E-state index in [0.29, 0.717) is 18.6 Å². The molecule has 0 rings (SSSR count). The summed E-state index contributed by atoms with van der Waals surface area (Å²) in [5, 5.41) is 0. The van der Waals surface area contributed by atoms with Gasteiger partial charge in [0.05, 0.1) is 12.7 Å². The molecule has 0 saturated carbocycles. The van der Waals surface area contributed by atoms with Crippen molar-refractivity contribution < 1.29 is 17.9 Å². The van der Waals surface area contributed by atoms with Crippen molar-refractivity contribution in [2.24, 2.45) is 5.92 Å². The third kappa shape index (κ3) is 11.0. The summed E-state index contributed by atoms with van der Waals surface area (Å²) in [6.07, 6.45) is 8.68. The second kappa shape index (κ2) is 15.1. The van der Waals surface area contributed by atoms with Crippen molar-refractivity contribution in [3.8, 4) is 0 Å². The van der Waals surface area contributed by atoms with Gasteiger partial charge in [-0.05, 0) is 62.0 Å². The summed E-state index contributed by atoms with van der Waals surface area (Å²) >= 11 is 0. The average molecular weight is 459 g/mol. The quantitative estimate of drug-likeness (QED) is 0.175. The Hall–Kier alpha value is -2.85. The van der Waals surface area contributed by atoms with Gasteiger partial charge in [0.25, 0.3) is 0 Å². The fraction of sp³-hybridized carbons (Fsp3) is 0.310. The molecule has 0 aromatic rings. The van der Waals surface area contributed by atoms with Crippen molar-refractivity contribution in [2.45, 2.75) is 46.6 Å². The molecule has 0 aliphatic heterocycles. The maximum atomic E-state index is 14.6. The zero-order chi connectivity index (χ0) is 25.7. The summed E-state index contributed by atoms with van der Waals surface area (Å²) in [4.78, 5) is 0. The lowest BCUT2D eigenvalue weighted by molar-refractivity contribution is 0.0633. The molecule has 0 radical (unpaired) electrons. The molecule has 4 heteroatoms. The topological polar surface area (TPSA) is 9.23 Å². The highest BCUT2D eigenvalue weighted by Gasteiger charge is 2.15. The minimum Gasteiger partial charge on any atom is -0.378 e. The smallest absolute Gasteiger partial charge is 0.166 e. The van der Waals surface area contributed by atoms with Gasteiger partial charge in [0.15, 0.2) is 11.7 Å². The highest BCUT2D eigenvalue weighted by molar-refractivity contribution is 5.53. The number of hydrogen-bond donors (Lipinski definition) is 0. The molecule has 1 atom stereocenters. The van der Waals surface area contributed by atoms with Gasteiger partial charge in [-0.1, -0.05) is 70.7 Å². The Balaban J connectivity index is 5.16. The average Bonchev–Trinajstić information content (AvgIpc) is 2.78. The first kappa shape index (κ1) is 30.2. The lowest BCUT2D eigenvalue weighted by Crippen LogP contribution is -2.12. The van der Waals surface area contributed by atoms with Crippen LogP contribution in [0.2, 0.25) is 0 Å². The second-order valence-electron chi connectivity index (χ2n) is 8.03. The Morgan fingerprint density at radius 1 is 0.848 bits per heavy atom. The van der Waals surface area contributed by atoms with Crippen LogP contribution in [0.3, 0.4) is 0 Å². The van der Waals surface area contributed by atoms with Gasteiger partial charge >= 0.3 is 0 Å². The molecule has 0 spiro atoms. The van der Waals surface area contributed by atoms with Crippen LogP contribution < -0.4 is 0 Å². The number of allylic oxidation sites excluding steroid dienone is 13. The molecule has 0 aromatic heterocycles. The van der Waals surface area contributed by atoms with E-state index in [9.17, 15) is 13.2 Å². The molecule has 0 saturated heterocycles. The maximum absolute atomic E-state index is 14.6. The molecule has 0 amide bonds. The van der Waals surface area contributed by atoms with Crippen molar-refractivity contribution in [2.75, 3.05) is 6.61 Å². The minimum absolute atomic E-state index is 0.0433. The largest absolute Gasteiger partial charge is 0.378 e. The van der Waals surface area contributed by atoms with Gasteiger partial charge in [-0.15, -0.1) is 0 Å². The summed E-state index contributed by atoms with van der Waals surface area (Å²) in [6, 6.07) is 0. The number of hydrogen-bond acceptors (Lipinski definition) is 1. The number of ether oxygens (including phenoxy) is 1. The Morgan fingerprint density at radius 3 is 1.91 bits per heavy atom. The fourth-order valence-electron chi connectivity index (χ4n) is 2.35. The Labute approximate surface area is 198 Å². The van der Waals surface area contributed by atoms with Crippen LogP contribution in [0, 0.1) is 5.92 Å². The first-order valence-corrected chi connectivity index (χ1v) is 10.8. The van der Waals surface area contributed by atoms with Gasteiger partial charge in [-0.3, -0.25) is 0 Å². The molecule has 0 N–H and O–H groups in total. The SMILES string of the molecule is C=C(/C=C\C(=C)C(=C)/C(F)=C\C(=C)C(C)COC(C)C)C(=C)/C(F)=C(/F)C(=C)CC/C=C/C. The molecular formula is C29H37F3O. The van der Waals surface area contributed by atoms with Crippen LogP contribution in [0.15, 0.2) is 121 Å². The van der Waals surface area contributed by atoms with Crippen LogP contribution in [-0.2, 0) is 4.74 Å². The molecule has 0 fully saturated rings. The summed E-state index contributed by atoms with van der Waals surface area (Å²) in [5.74, 6) is -2.84.